The molecule has 1 aliphatic heterocycles. The molecular weight excluding hydrogens is 327 g/mol. The summed E-state index contributed by atoms with van der Waals surface area (Å²) in [4.78, 5) is 8.83. The number of nitrogens with zero attached hydrogens (tertiary/aromatic N) is 3. The standard InChI is InChI=1S/C17H25FN4OS/c1-24(23)17(7-2-8-17)13-20-16(19)22-11-9-21(10-12-22)15-5-3-14(18)4-6-15/h3-6H,2,7-13H2,1H3,(H2,19,20). The largest absolute Gasteiger partial charge is 0.370 e. The first-order valence-electron chi connectivity index (χ1n) is 8.39. The molecule has 0 bridgehead atoms. The topological polar surface area (TPSA) is 61.9 Å². The Morgan fingerprint density at radius 2 is 1.88 bits per heavy atom. The van der Waals surface area contributed by atoms with Crippen LogP contribution in [0.3, 0.4) is 0 Å². The molecule has 7 heteroatoms. The molecule has 5 nitrogen and oxygen atoms in total. The molecule has 3 rings (SSSR count). The molecule has 2 aliphatic rings. The number of halogens is 1. The number of piperazine rings is 1. The minimum atomic E-state index is -0.856. The Bertz CT molecular complexity index is 622. The Labute approximate surface area is 145 Å². The first-order valence-corrected chi connectivity index (χ1v) is 9.95. The predicted molar refractivity (Wildman–Crippen MR) is 97.3 cm³/mol. The lowest BCUT2D eigenvalue weighted by atomic mass is 9.84. The molecule has 1 atom stereocenters. The van der Waals surface area contributed by atoms with Crippen LogP contribution in [-0.2, 0) is 10.8 Å². The van der Waals surface area contributed by atoms with Crippen LogP contribution in [0.4, 0.5) is 10.1 Å². The van der Waals surface area contributed by atoms with E-state index in [1.165, 1.54) is 12.1 Å². The summed E-state index contributed by atoms with van der Waals surface area (Å²) in [5.74, 6) is 0.331. The molecule has 0 radical (unpaired) electrons. The second-order valence-electron chi connectivity index (χ2n) is 6.62. The van der Waals surface area contributed by atoms with E-state index in [1.807, 2.05) is 0 Å². The van der Waals surface area contributed by atoms with E-state index in [1.54, 1.807) is 18.4 Å². The van der Waals surface area contributed by atoms with Crippen LogP contribution in [0, 0.1) is 5.82 Å². The number of anilines is 1. The number of rotatable bonds is 4. The van der Waals surface area contributed by atoms with Crippen molar-refractivity contribution in [1.29, 1.82) is 0 Å². The van der Waals surface area contributed by atoms with Crippen molar-refractivity contribution in [3.05, 3.63) is 30.1 Å². The normalized spacial score (nSPS) is 22.2. The summed E-state index contributed by atoms with van der Waals surface area (Å²) in [6.07, 6.45) is 4.86. The van der Waals surface area contributed by atoms with Crippen molar-refractivity contribution in [3.8, 4) is 0 Å². The molecule has 1 unspecified atom stereocenters. The lowest BCUT2D eigenvalue weighted by molar-refractivity contribution is 0.352. The Morgan fingerprint density at radius 1 is 1.25 bits per heavy atom. The molecule has 1 aromatic rings. The van der Waals surface area contributed by atoms with Gasteiger partial charge in [0, 0.05) is 48.9 Å². The maximum absolute atomic E-state index is 13.0. The fraction of sp³-hybridized carbons (Fsp3) is 0.588. The maximum atomic E-state index is 13.0. The van der Waals surface area contributed by atoms with Gasteiger partial charge in [-0.2, -0.15) is 0 Å². The molecule has 132 valence electrons. The second-order valence-corrected chi connectivity index (χ2v) is 8.39. The van der Waals surface area contributed by atoms with Crippen molar-refractivity contribution in [1.82, 2.24) is 4.90 Å². The van der Waals surface area contributed by atoms with Gasteiger partial charge in [0.15, 0.2) is 5.96 Å². The molecule has 1 aromatic carbocycles. The van der Waals surface area contributed by atoms with E-state index in [0.717, 1.165) is 51.1 Å². The lowest BCUT2D eigenvalue weighted by Gasteiger charge is -2.39. The summed E-state index contributed by atoms with van der Waals surface area (Å²) in [5, 5.41) is 0. The van der Waals surface area contributed by atoms with Crippen LogP contribution in [0.5, 0.6) is 0 Å². The van der Waals surface area contributed by atoms with Crippen LogP contribution in [0.15, 0.2) is 29.3 Å². The number of hydrogen-bond acceptors (Lipinski definition) is 3. The zero-order valence-electron chi connectivity index (χ0n) is 14.1. The molecule has 1 heterocycles. The third kappa shape index (κ3) is 3.55. The molecule has 0 aromatic heterocycles. The first-order chi connectivity index (χ1) is 11.5. The first kappa shape index (κ1) is 17.2. The van der Waals surface area contributed by atoms with Crippen LogP contribution in [0.1, 0.15) is 19.3 Å². The monoisotopic (exact) mass is 352 g/mol. The summed E-state index contributed by atoms with van der Waals surface area (Å²) in [5.41, 5.74) is 7.18. The van der Waals surface area contributed by atoms with Gasteiger partial charge in [-0.3, -0.25) is 9.20 Å². The van der Waals surface area contributed by atoms with Gasteiger partial charge in [0.25, 0.3) is 0 Å². The van der Waals surface area contributed by atoms with E-state index in [4.69, 9.17) is 5.73 Å². The summed E-state index contributed by atoms with van der Waals surface area (Å²) in [6, 6.07) is 6.58. The quantitative estimate of drug-likeness (QED) is 0.660. The summed E-state index contributed by atoms with van der Waals surface area (Å²) < 4.78 is 24.8. The van der Waals surface area contributed by atoms with Crippen LogP contribution in [0.25, 0.3) is 0 Å². The van der Waals surface area contributed by atoms with Gasteiger partial charge in [-0.05, 0) is 37.1 Å². The molecule has 1 saturated heterocycles. The SMILES string of the molecule is CS(=O)C1(CN=C(N)N2CCN(c3ccc(F)cc3)CC2)CCC1. The fourth-order valence-corrected chi connectivity index (χ4v) is 4.39. The number of aliphatic imine (C=N–C) groups is 1. The van der Waals surface area contributed by atoms with Crippen molar-refractivity contribution in [3.63, 3.8) is 0 Å². The zero-order chi connectivity index (χ0) is 17.2. The molecule has 1 saturated carbocycles. The average molecular weight is 352 g/mol. The van der Waals surface area contributed by atoms with Gasteiger partial charge < -0.3 is 15.5 Å². The second kappa shape index (κ2) is 7.09. The summed E-state index contributed by atoms with van der Waals surface area (Å²) in [6.45, 7) is 3.78. The summed E-state index contributed by atoms with van der Waals surface area (Å²) in [7, 11) is -0.856. The Morgan fingerprint density at radius 3 is 2.38 bits per heavy atom. The number of benzene rings is 1. The minimum absolute atomic E-state index is 0.152. The van der Waals surface area contributed by atoms with Gasteiger partial charge in [-0.1, -0.05) is 6.42 Å². The highest BCUT2D eigenvalue weighted by atomic mass is 32.2. The van der Waals surface area contributed by atoms with E-state index in [-0.39, 0.29) is 10.6 Å². The van der Waals surface area contributed by atoms with Gasteiger partial charge in [-0.25, -0.2) is 4.39 Å². The van der Waals surface area contributed by atoms with Gasteiger partial charge >= 0.3 is 0 Å². The zero-order valence-corrected chi connectivity index (χ0v) is 14.9. The average Bonchev–Trinajstić information content (AvgIpc) is 2.54. The van der Waals surface area contributed by atoms with Gasteiger partial charge in [0.1, 0.15) is 5.82 Å². The number of guanidine groups is 1. The maximum Gasteiger partial charge on any atom is 0.191 e. The van der Waals surface area contributed by atoms with Crippen molar-refractivity contribution in [2.75, 3.05) is 43.9 Å². The Hall–Kier alpha value is -1.63. The molecule has 2 N–H and O–H groups in total. The van der Waals surface area contributed by atoms with Gasteiger partial charge in [0.05, 0.1) is 11.3 Å². The van der Waals surface area contributed by atoms with E-state index >= 15 is 0 Å². The van der Waals surface area contributed by atoms with Crippen molar-refractivity contribution in [2.45, 2.75) is 24.0 Å². The van der Waals surface area contributed by atoms with Gasteiger partial charge in [-0.15, -0.1) is 0 Å². The highest BCUT2D eigenvalue weighted by Gasteiger charge is 2.40. The minimum Gasteiger partial charge on any atom is -0.370 e. The molecule has 2 fully saturated rings. The molecule has 24 heavy (non-hydrogen) atoms. The lowest BCUT2D eigenvalue weighted by Crippen LogP contribution is -2.52. The highest BCUT2D eigenvalue weighted by molar-refractivity contribution is 7.85. The number of hydrogen-bond donors (Lipinski definition) is 1. The van der Waals surface area contributed by atoms with Crippen LogP contribution in [-0.4, -0.2) is 58.8 Å². The van der Waals surface area contributed by atoms with Crippen molar-refractivity contribution < 1.29 is 8.60 Å². The van der Waals surface area contributed by atoms with Crippen LogP contribution in [0.2, 0.25) is 0 Å². The van der Waals surface area contributed by atoms with E-state index < -0.39 is 10.8 Å². The van der Waals surface area contributed by atoms with Gasteiger partial charge in [0.2, 0.25) is 0 Å². The van der Waals surface area contributed by atoms with Crippen molar-refractivity contribution >= 4 is 22.4 Å². The van der Waals surface area contributed by atoms with Crippen LogP contribution < -0.4 is 10.6 Å². The predicted octanol–water partition coefficient (Wildman–Crippen LogP) is 1.56. The van der Waals surface area contributed by atoms with Crippen molar-refractivity contribution in [2.24, 2.45) is 10.7 Å². The van der Waals surface area contributed by atoms with E-state index in [9.17, 15) is 8.60 Å². The molecule has 0 spiro atoms. The fourth-order valence-electron chi connectivity index (χ4n) is 3.28. The van der Waals surface area contributed by atoms with E-state index in [0.29, 0.717) is 12.5 Å². The molecular formula is C17H25FN4OS. The third-order valence-electron chi connectivity index (χ3n) is 5.20. The Kier molecular flexibility index (Phi) is 5.08. The van der Waals surface area contributed by atoms with Crippen LogP contribution >= 0.6 is 0 Å². The summed E-state index contributed by atoms with van der Waals surface area (Å²) >= 11 is 0. The Balaban J connectivity index is 1.55. The van der Waals surface area contributed by atoms with E-state index in [2.05, 4.69) is 14.8 Å². The highest BCUT2D eigenvalue weighted by Crippen LogP contribution is 2.37. The number of nitrogens with two attached hydrogens (primary N) is 1. The molecule has 0 amide bonds. The third-order valence-corrected chi connectivity index (χ3v) is 6.96. The molecule has 1 aliphatic carbocycles. The smallest absolute Gasteiger partial charge is 0.191 e.